The van der Waals surface area contributed by atoms with Crippen molar-refractivity contribution in [2.24, 2.45) is 4.99 Å². The molecule has 136 valence electrons. The van der Waals surface area contributed by atoms with Crippen molar-refractivity contribution in [3.63, 3.8) is 0 Å². The number of nitrogens with one attached hydrogen (secondary N) is 2. The zero-order chi connectivity index (χ0) is 17.8. The number of benzene rings is 1. The van der Waals surface area contributed by atoms with Crippen molar-refractivity contribution >= 4 is 5.96 Å². The van der Waals surface area contributed by atoms with E-state index < -0.39 is 0 Å². The minimum Gasteiger partial charge on any atom is -0.382 e. The molecule has 0 aliphatic rings. The maximum absolute atomic E-state index is 14.0. The second-order valence-corrected chi connectivity index (χ2v) is 6.17. The maximum atomic E-state index is 14.0. The topological polar surface area (TPSA) is 54.9 Å². The molecule has 6 heteroatoms. The molecule has 0 unspecified atom stereocenters. The van der Waals surface area contributed by atoms with Crippen LogP contribution in [0.3, 0.4) is 0 Å². The lowest BCUT2D eigenvalue weighted by Crippen LogP contribution is -2.44. The highest BCUT2D eigenvalue weighted by molar-refractivity contribution is 5.79. The monoisotopic (exact) mass is 339 g/mol. The van der Waals surface area contributed by atoms with E-state index in [-0.39, 0.29) is 11.2 Å². The van der Waals surface area contributed by atoms with Gasteiger partial charge in [-0.1, -0.05) is 32.0 Å². The zero-order valence-corrected chi connectivity index (χ0v) is 15.2. The molecular formula is C18H30FN3O2. The molecule has 0 saturated carbocycles. The Labute approximate surface area is 144 Å². The molecule has 2 N–H and O–H groups in total. The molecular weight excluding hydrogens is 309 g/mol. The quantitative estimate of drug-likeness (QED) is 0.390. The van der Waals surface area contributed by atoms with Gasteiger partial charge < -0.3 is 20.1 Å². The molecule has 5 nitrogen and oxygen atoms in total. The predicted molar refractivity (Wildman–Crippen MR) is 96.1 cm³/mol. The summed E-state index contributed by atoms with van der Waals surface area (Å²) in [6.07, 6.45) is 0.876. The van der Waals surface area contributed by atoms with Gasteiger partial charge in [0.15, 0.2) is 5.96 Å². The Kier molecular flexibility index (Phi) is 9.34. The van der Waals surface area contributed by atoms with Gasteiger partial charge in [-0.25, -0.2) is 4.39 Å². The highest BCUT2D eigenvalue weighted by atomic mass is 19.1. The minimum atomic E-state index is -0.341. The third kappa shape index (κ3) is 7.27. The third-order valence-corrected chi connectivity index (χ3v) is 3.71. The van der Waals surface area contributed by atoms with Crippen LogP contribution in [0.25, 0.3) is 0 Å². The van der Waals surface area contributed by atoms with Crippen LogP contribution < -0.4 is 10.6 Å². The van der Waals surface area contributed by atoms with Crippen LogP contribution in [0.4, 0.5) is 4.39 Å². The van der Waals surface area contributed by atoms with Gasteiger partial charge in [0, 0.05) is 39.3 Å². The summed E-state index contributed by atoms with van der Waals surface area (Å²) in [5, 5.41) is 6.49. The van der Waals surface area contributed by atoms with E-state index in [0.717, 1.165) is 13.0 Å². The number of halogens is 1. The van der Waals surface area contributed by atoms with Crippen molar-refractivity contribution in [1.29, 1.82) is 0 Å². The summed E-state index contributed by atoms with van der Waals surface area (Å²) in [6, 6.07) is 6.88. The Morgan fingerprint density at radius 3 is 2.58 bits per heavy atom. The second kappa shape index (κ2) is 11.0. The molecule has 0 radical (unpaired) electrons. The molecule has 0 aromatic heterocycles. The first-order valence-corrected chi connectivity index (χ1v) is 8.27. The van der Waals surface area contributed by atoms with Crippen molar-refractivity contribution in [2.75, 3.05) is 47.1 Å². The Hall–Kier alpha value is -1.66. The van der Waals surface area contributed by atoms with E-state index in [1.807, 2.05) is 26.0 Å². The normalized spacial score (nSPS) is 12.3. The van der Waals surface area contributed by atoms with E-state index in [4.69, 9.17) is 9.47 Å². The number of ether oxygens (including phenoxy) is 2. The standard InChI is InChI=1S/C18H30FN3O2/c1-18(2,15-8-5-6-9-16(15)19)14-22-17(20-3)21-10-7-11-24-13-12-23-4/h5-6,8-9H,7,10-14H2,1-4H3,(H2,20,21,22). The van der Waals surface area contributed by atoms with Gasteiger partial charge in [0.25, 0.3) is 0 Å². The molecule has 0 aliphatic carbocycles. The molecule has 0 amide bonds. The number of guanidine groups is 1. The lowest BCUT2D eigenvalue weighted by atomic mass is 9.84. The molecule has 0 fully saturated rings. The van der Waals surface area contributed by atoms with E-state index in [2.05, 4.69) is 15.6 Å². The lowest BCUT2D eigenvalue weighted by molar-refractivity contribution is 0.0698. The summed E-state index contributed by atoms with van der Waals surface area (Å²) in [5.41, 5.74) is 0.353. The molecule has 0 saturated heterocycles. The van der Waals surface area contributed by atoms with Crippen LogP contribution >= 0.6 is 0 Å². The Balaban J connectivity index is 2.34. The fourth-order valence-electron chi connectivity index (χ4n) is 2.26. The SMILES string of the molecule is CN=C(NCCCOCCOC)NCC(C)(C)c1ccccc1F. The van der Waals surface area contributed by atoms with Crippen molar-refractivity contribution in [3.8, 4) is 0 Å². The molecule has 0 atom stereocenters. The fourth-order valence-corrected chi connectivity index (χ4v) is 2.26. The van der Waals surface area contributed by atoms with Gasteiger partial charge in [0.2, 0.25) is 0 Å². The highest BCUT2D eigenvalue weighted by Gasteiger charge is 2.24. The first-order valence-electron chi connectivity index (χ1n) is 8.27. The number of aliphatic imine (C=N–C) groups is 1. The average Bonchev–Trinajstić information content (AvgIpc) is 2.57. The van der Waals surface area contributed by atoms with Gasteiger partial charge in [-0.05, 0) is 18.1 Å². The van der Waals surface area contributed by atoms with Gasteiger partial charge in [-0.3, -0.25) is 4.99 Å². The number of nitrogens with zero attached hydrogens (tertiary/aromatic N) is 1. The fraction of sp³-hybridized carbons (Fsp3) is 0.611. The van der Waals surface area contributed by atoms with Crippen LogP contribution in [0.2, 0.25) is 0 Å². The number of rotatable bonds is 10. The van der Waals surface area contributed by atoms with Crippen molar-refractivity contribution in [3.05, 3.63) is 35.6 Å². The Morgan fingerprint density at radius 2 is 1.92 bits per heavy atom. The van der Waals surface area contributed by atoms with Gasteiger partial charge in [-0.2, -0.15) is 0 Å². The summed E-state index contributed by atoms with van der Waals surface area (Å²) in [5.74, 6) is 0.525. The Bertz CT molecular complexity index is 507. The smallest absolute Gasteiger partial charge is 0.191 e. The number of hydrogen-bond acceptors (Lipinski definition) is 3. The van der Waals surface area contributed by atoms with Gasteiger partial charge in [0.05, 0.1) is 13.2 Å². The van der Waals surface area contributed by atoms with Gasteiger partial charge in [-0.15, -0.1) is 0 Å². The van der Waals surface area contributed by atoms with E-state index in [0.29, 0.717) is 37.9 Å². The molecule has 1 aromatic rings. The van der Waals surface area contributed by atoms with Crippen molar-refractivity contribution in [2.45, 2.75) is 25.7 Å². The minimum absolute atomic E-state index is 0.180. The van der Waals surface area contributed by atoms with Crippen LogP contribution in [0, 0.1) is 5.82 Å². The van der Waals surface area contributed by atoms with E-state index in [1.54, 1.807) is 20.2 Å². The summed E-state index contributed by atoms with van der Waals surface area (Å²) in [4.78, 5) is 4.19. The van der Waals surface area contributed by atoms with Gasteiger partial charge >= 0.3 is 0 Å². The first-order chi connectivity index (χ1) is 11.5. The highest BCUT2D eigenvalue weighted by Crippen LogP contribution is 2.24. The molecule has 0 heterocycles. The van der Waals surface area contributed by atoms with Crippen LogP contribution in [0.15, 0.2) is 29.3 Å². The third-order valence-electron chi connectivity index (χ3n) is 3.71. The van der Waals surface area contributed by atoms with Crippen molar-refractivity contribution < 1.29 is 13.9 Å². The van der Waals surface area contributed by atoms with E-state index in [1.165, 1.54) is 6.07 Å². The summed E-state index contributed by atoms with van der Waals surface area (Å²) >= 11 is 0. The largest absolute Gasteiger partial charge is 0.382 e. The summed E-state index contributed by atoms with van der Waals surface area (Å²) in [6.45, 7) is 7.26. The molecule has 1 aromatic carbocycles. The summed E-state index contributed by atoms with van der Waals surface area (Å²) in [7, 11) is 3.38. The Morgan fingerprint density at radius 1 is 1.17 bits per heavy atom. The second-order valence-electron chi connectivity index (χ2n) is 6.17. The van der Waals surface area contributed by atoms with Crippen LogP contribution in [-0.2, 0) is 14.9 Å². The first kappa shape index (κ1) is 20.4. The maximum Gasteiger partial charge on any atom is 0.191 e. The van der Waals surface area contributed by atoms with E-state index >= 15 is 0 Å². The van der Waals surface area contributed by atoms with Crippen LogP contribution in [-0.4, -0.2) is 53.0 Å². The molecule has 1 rings (SSSR count). The molecule has 0 spiro atoms. The van der Waals surface area contributed by atoms with Crippen LogP contribution in [0.1, 0.15) is 25.8 Å². The average molecular weight is 339 g/mol. The molecule has 0 bridgehead atoms. The van der Waals surface area contributed by atoms with Gasteiger partial charge in [0.1, 0.15) is 5.82 Å². The van der Waals surface area contributed by atoms with E-state index in [9.17, 15) is 4.39 Å². The predicted octanol–water partition coefficient (Wildman–Crippen LogP) is 2.32. The zero-order valence-electron chi connectivity index (χ0n) is 15.2. The van der Waals surface area contributed by atoms with Crippen molar-refractivity contribution in [1.82, 2.24) is 10.6 Å². The van der Waals surface area contributed by atoms with Crippen LogP contribution in [0.5, 0.6) is 0 Å². The number of methoxy groups -OCH3 is 1. The summed E-state index contributed by atoms with van der Waals surface area (Å²) < 4.78 is 24.3. The molecule has 24 heavy (non-hydrogen) atoms. The lowest BCUT2D eigenvalue weighted by Gasteiger charge is -2.27. The molecule has 0 aliphatic heterocycles. The number of hydrogen-bond donors (Lipinski definition) is 2.